The lowest BCUT2D eigenvalue weighted by molar-refractivity contribution is -0.134. The van der Waals surface area contributed by atoms with Crippen molar-refractivity contribution in [2.45, 2.75) is 27.3 Å². The van der Waals surface area contributed by atoms with Gasteiger partial charge in [-0.3, -0.25) is 28.9 Å². The Morgan fingerprint density at radius 1 is 0.757 bits per heavy atom. The van der Waals surface area contributed by atoms with Gasteiger partial charge in [0.25, 0.3) is 0 Å². The number of ether oxygens (including phenoxy) is 4. The van der Waals surface area contributed by atoms with Crippen LogP contribution in [0.4, 0.5) is 5.69 Å². The molecule has 3 rings (SSSR count). The lowest BCUT2D eigenvalue weighted by Gasteiger charge is -2.33. The number of piperazine rings is 1. The summed E-state index contributed by atoms with van der Waals surface area (Å²) in [5.74, 6) is -4.11. The van der Waals surface area contributed by atoms with Crippen LogP contribution in [0.1, 0.15) is 36.7 Å². The van der Waals surface area contributed by atoms with Gasteiger partial charge in [0.15, 0.2) is 11.5 Å². The van der Waals surface area contributed by atoms with Gasteiger partial charge in [-0.15, -0.1) is 0 Å². The van der Waals surface area contributed by atoms with Gasteiger partial charge in [0.05, 0.1) is 25.9 Å². The third-order valence-electron chi connectivity index (χ3n) is 5.06. The van der Waals surface area contributed by atoms with Crippen LogP contribution in [0.2, 0.25) is 0 Å². The number of carbonyl (C=O) groups is 6. The van der Waals surface area contributed by atoms with Crippen LogP contribution in [-0.2, 0) is 35.3 Å². The fourth-order valence-corrected chi connectivity index (χ4v) is 3.69. The van der Waals surface area contributed by atoms with E-state index in [-0.39, 0.29) is 42.4 Å². The van der Waals surface area contributed by atoms with E-state index in [9.17, 15) is 28.8 Å². The van der Waals surface area contributed by atoms with Gasteiger partial charge in [0, 0.05) is 32.9 Å². The zero-order valence-electron chi connectivity index (χ0n) is 20.6. The molecule has 0 atom stereocenters. The van der Waals surface area contributed by atoms with Crippen molar-refractivity contribution in [1.29, 1.82) is 0 Å². The molecule has 0 unspecified atom stereocenters. The summed E-state index contributed by atoms with van der Waals surface area (Å²) in [5.41, 5.74) is 0.455. The number of imide groups is 1. The van der Waals surface area contributed by atoms with Crippen molar-refractivity contribution >= 4 is 41.4 Å². The molecular weight excluding hydrogens is 488 g/mol. The minimum Gasteiger partial charge on any atom is -0.465 e. The first-order valence-corrected chi connectivity index (χ1v) is 11.0. The van der Waals surface area contributed by atoms with E-state index in [0.717, 1.165) is 25.9 Å². The standard InChI is InChI=1S/C25H24N2O10/c1-14(28)35-19-8-6-18(7-9-19)27-21(31)12-26(13-22(27)32)11-17-5-10-20(25(33)34-4)24(37-16(3)30)23(17)36-15(2)29/h5-10H,11-13H2,1-4H3. The van der Waals surface area contributed by atoms with Gasteiger partial charge < -0.3 is 18.9 Å². The van der Waals surface area contributed by atoms with E-state index >= 15 is 0 Å². The van der Waals surface area contributed by atoms with Crippen molar-refractivity contribution < 1.29 is 47.7 Å². The van der Waals surface area contributed by atoms with E-state index < -0.39 is 35.7 Å². The Bertz CT molecular complexity index is 1250. The van der Waals surface area contributed by atoms with Crippen LogP contribution in [0.5, 0.6) is 17.2 Å². The van der Waals surface area contributed by atoms with E-state index in [4.69, 9.17) is 18.9 Å². The Morgan fingerprint density at radius 3 is 1.81 bits per heavy atom. The zero-order valence-corrected chi connectivity index (χ0v) is 20.6. The molecule has 12 nitrogen and oxygen atoms in total. The first-order chi connectivity index (χ1) is 17.5. The van der Waals surface area contributed by atoms with Crippen LogP contribution in [0.15, 0.2) is 36.4 Å². The predicted molar refractivity (Wildman–Crippen MR) is 126 cm³/mol. The average molecular weight is 512 g/mol. The molecule has 1 aliphatic rings. The van der Waals surface area contributed by atoms with Gasteiger partial charge in [-0.25, -0.2) is 9.69 Å². The summed E-state index contributed by atoms with van der Waals surface area (Å²) in [5, 5.41) is 0. The maximum Gasteiger partial charge on any atom is 0.341 e. The maximum absolute atomic E-state index is 12.9. The van der Waals surface area contributed by atoms with E-state index in [1.807, 2.05) is 0 Å². The van der Waals surface area contributed by atoms with Gasteiger partial charge in [-0.05, 0) is 30.3 Å². The number of hydrogen-bond donors (Lipinski definition) is 0. The number of hydrogen-bond acceptors (Lipinski definition) is 11. The van der Waals surface area contributed by atoms with E-state index in [1.165, 1.54) is 48.2 Å². The first-order valence-electron chi connectivity index (χ1n) is 11.0. The van der Waals surface area contributed by atoms with E-state index in [0.29, 0.717) is 11.3 Å². The SMILES string of the molecule is COC(=O)c1ccc(CN2CC(=O)N(c3ccc(OC(C)=O)cc3)C(=O)C2)c(OC(C)=O)c1OC(C)=O. The summed E-state index contributed by atoms with van der Waals surface area (Å²) in [6, 6.07) is 8.69. The van der Waals surface area contributed by atoms with Crippen LogP contribution < -0.4 is 19.1 Å². The number of esters is 4. The number of rotatable bonds is 7. The molecule has 1 fully saturated rings. The third-order valence-corrected chi connectivity index (χ3v) is 5.06. The largest absolute Gasteiger partial charge is 0.465 e. The molecule has 1 saturated heterocycles. The molecule has 194 valence electrons. The molecule has 0 N–H and O–H groups in total. The van der Waals surface area contributed by atoms with Crippen LogP contribution in [0.3, 0.4) is 0 Å². The monoisotopic (exact) mass is 512 g/mol. The number of carbonyl (C=O) groups excluding carboxylic acids is 6. The summed E-state index contributed by atoms with van der Waals surface area (Å²) < 4.78 is 20.1. The van der Waals surface area contributed by atoms with Crippen LogP contribution in [-0.4, -0.2) is 60.8 Å². The zero-order chi connectivity index (χ0) is 27.3. The Balaban J connectivity index is 1.87. The molecular formula is C25H24N2O10. The molecule has 0 saturated carbocycles. The number of benzene rings is 2. The van der Waals surface area contributed by atoms with Gasteiger partial charge >= 0.3 is 23.9 Å². The van der Waals surface area contributed by atoms with Crippen molar-refractivity contribution in [3.63, 3.8) is 0 Å². The van der Waals surface area contributed by atoms with Gasteiger partial charge in [0.2, 0.25) is 11.8 Å². The number of nitrogens with zero attached hydrogens (tertiary/aromatic N) is 2. The van der Waals surface area contributed by atoms with Gasteiger partial charge in [-0.1, -0.05) is 6.07 Å². The highest BCUT2D eigenvalue weighted by Gasteiger charge is 2.33. The third kappa shape index (κ3) is 6.55. The highest BCUT2D eigenvalue weighted by molar-refractivity contribution is 6.17. The lowest BCUT2D eigenvalue weighted by atomic mass is 10.1. The van der Waals surface area contributed by atoms with Crippen LogP contribution >= 0.6 is 0 Å². The second-order valence-corrected chi connectivity index (χ2v) is 7.96. The van der Waals surface area contributed by atoms with Gasteiger partial charge in [0.1, 0.15) is 11.3 Å². The highest BCUT2D eigenvalue weighted by Crippen LogP contribution is 2.37. The Morgan fingerprint density at radius 2 is 1.30 bits per heavy atom. The summed E-state index contributed by atoms with van der Waals surface area (Å²) >= 11 is 0. The number of amides is 2. The fraction of sp³-hybridized carbons (Fsp3) is 0.280. The molecule has 12 heteroatoms. The second kappa shape index (κ2) is 11.4. The molecule has 37 heavy (non-hydrogen) atoms. The molecule has 1 heterocycles. The second-order valence-electron chi connectivity index (χ2n) is 7.96. The molecule has 2 amide bonds. The minimum atomic E-state index is -0.824. The predicted octanol–water partition coefficient (Wildman–Crippen LogP) is 1.62. The molecule has 2 aromatic carbocycles. The van der Waals surface area contributed by atoms with Crippen LogP contribution in [0.25, 0.3) is 0 Å². The summed E-state index contributed by atoms with van der Waals surface area (Å²) in [4.78, 5) is 75.1. The minimum absolute atomic E-state index is 0.0466. The molecule has 0 spiro atoms. The van der Waals surface area contributed by atoms with Crippen molar-refractivity contribution in [1.82, 2.24) is 4.90 Å². The lowest BCUT2D eigenvalue weighted by Crippen LogP contribution is -2.53. The smallest absolute Gasteiger partial charge is 0.341 e. The van der Waals surface area contributed by atoms with Crippen molar-refractivity contribution in [3.05, 3.63) is 47.5 Å². The van der Waals surface area contributed by atoms with E-state index in [1.54, 1.807) is 0 Å². The van der Waals surface area contributed by atoms with Crippen molar-refractivity contribution in [2.75, 3.05) is 25.1 Å². The van der Waals surface area contributed by atoms with Crippen molar-refractivity contribution in [3.8, 4) is 17.2 Å². The fourth-order valence-electron chi connectivity index (χ4n) is 3.69. The summed E-state index contributed by atoms with van der Waals surface area (Å²) in [7, 11) is 1.14. The molecule has 1 aliphatic heterocycles. The normalized spacial score (nSPS) is 13.7. The Labute approximate surface area is 211 Å². The molecule has 0 radical (unpaired) electrons. The first kappa shape index (κ1) is 27.0. The topological polar surface area (TPSA) is 146 Å². The highest BCUT2D eigenvalue weighted by atomic mass is 16.6. The summed E-state index contributed by atoms with van der Waals surface area (Å²) in [6.45, 7) is 3.11. The Kier molecular flexibility index (Phi) is 8.35. The van der Waals surface area contributed by atoms with Crippen LogP contribution in [0, 0.1) is 0 Å². The Hall–Kier alpha value is -4.58. The average Bonchev–Trinajstić information content (AvgIpc) is 2.80. The van der Waals surface area contributed by atoms with Crippen molar-refractivity contribution in [2.24, 2.45) is 0 Å². The molecule has 0 aliphatic carbocycles. The molecule has 2 aromatic rings. The maximum atomic E-state index is 12.9. The quantitative estimate of drug-likeness (QED) is 0.303. The number of methoxy groups -OCH3 is 1. The number of anilines is 1. The molecule has 0 bridgehead atoms. The molecule has 0 aromatic heterocycles. The summed E-state index contributed by atoms with van der Waals surface area (Å²) in [6.07, 6.45) is 0. The van der Waals surface area contributed by atoms with E-state index in [2.05, 4.69) is 0 Å². The van der Waals surface area contributed by atoms with Gasteiger partial charge in [-0.2, -0.15) is 0 Å².